The molecule has 0 amide bonds. The molecule has 16 heavy (non-hydrogen) atoms. The molecule has 0 saturated heterocycles. The molecule has 1 aliphatic carbocycles. The van der Waals surface area contributed by atoms with Crippen LogP contribution in [0.15, 0.2) is 24.3 Å². The third-order valence-corrected chi connectivity index (χ3v) is 4.31. The average Bonchev–Trinajstić information content (AvgIpc) is 2.33. The van der Waals surface area contributed by atoms with Crippen LogP contribution in [-0.4, -0.2) is 6.04 Å². The lowest BCUT2D eigenvalue weighted by Crippen LogP contribution is -2.27. The molecule has 1 saturated carbocycles. The van der Waals surface area contributed by atoms with Crippen LogP contribution < -0.4 is 5.32 Å². The highest BCUT2D eigenvalue weighted by Crippen LogP contribution is 2.28. The Kier molecular flexibility index (Phi) is 4.50. The van der Waals surface area contributed by atoms with Crippen LogP contribution in [0, 0.1) is 9.49 Å². The average molecular weight is 329 g/mol. The molecule has 0 spiro atoms. The fourth-order valence-electron chi connectivity index (χ4n) is 2.56. The molecule has 0 aromatic heterocycles. The van der Waals surface area contributed by atoms with Gasteiger partial charge in [0.15, 0.2) is 0 Å². The maximum atomic E-state index is 3.64. The van der Waals surface area contributed by atoms with Crippen LogP contribution in [-0.2, 0) is 0 Å². The summed E-state index contributed by atoms with van der Waals surface area (Å²) in [6.45, 7) is 2.33. The maximum Gasteiger partial charge on any atom is 0.0343 e. The number of benzene rings is 1. The Morgan fingerprint density at radius 1 is 1.12 bits per heavy atom. The van der Waals surface area contributed by atoms with E-state index in [1.165, 1.54) is 41.4 Å². The highest BCUT2D eigenvalue weighted by molar-refractivity contribution is 14.1. The second-order valence-electron chi connectivity index (χ2n) is 4.84. The summed E-state index contributed by atoms with van der Waals surface area (Å²) < 4.78 is 1.30. The predicted octanol–water partition coefficient (Wildman–Crippen LogP) is 4.67. The van der Waals surface area contributed by atoms with E-state index in [1.54, 1.807) is 0 Å². The van der Waals surface area contributed by atoms with E-state index < -0.39 is 0 Å². The van der Waals surface area contributed by atoms with Gasteiger partial charge in [0.1, 0.15) is 0 Å². The Labute approximate surface area is 112 Å². The molecule has 2 rings (SSSR count). The SMILES string of the molecule is CC(Nc1ccc(I)cc1)C1CCCCC1. The highest BCUT2D eigenvalue weighted by Gasteiger charge is 2.19. The second-order valence-corrected chi connectivity index (χ2v) is 6.08. The van der Waals surface area contributed by atoms with E-state index in [2.05, 4.69) is 59.1 Å². The van der Waals surface area contributed by atoms with Gasteiger partial charge >= 0.3 is 0 Å². The summed E-state index contributed by atoms with van der Waals surface area (Å²) in [5, 5.41) is 3.64. The van der Waals surface area contributed by atoms with Crippen molar-refractivity contribution in [3.8, 4) is 0 Å². The molecule has 0 aliphatic heterocycles. The third kappa shape index (κ3) is 3.37. The van der Waals surface area contributed by atoms with E-state index in [0.29, 0.717) is 6.04 Å². The minimum absolute atomic E-state index is 0.611. The van der Waals surface area contributed by atoms with Crippen molar-refractivity contribution in [2.24, 2.45) is 5.92 Å². The summed E-state index contributed by atoms with van der Waals surface area (Å²) in [5.41, 5.74) is 1.26. The Bertz CT molecular complexity index is 314. The molecular weight excluding hydrogens is 309 g/mol. The van der Waals surface area contributed by atoms with E-state index in [1.807, 2.05) is 0 Å². The maximum absolute atomic E-state index is 3.64. The highest BCUT2D eigenvalue weighted by atomic mass is 127. The molecule has 0 radical (unpaired) electrons. The Morgan fingerprint density at radius 3 is 2.38 bits per heavy atom. The summed E-state index contributed by atoms with van der Waals surface area (Å²) in [6, 6.07) is 9.30. The van der Waals surface area contributed by atoms with E-state index in [-0.39, 0.29) is 0 Å². The van der Waals surface area contributed by atoms with Gasteiger partial charge in [0.25, 0.3) is 0 Å². The van der Waals surface area contributed by atoms with Gasteiger partial charge < -0.3 is 5.32 Å². The van der Waals surface area contributed by atoms with Crippen LogP contribution in [0.5, 0.6) is 0 Å². The fraction of sp³-hybridized carbons (Fsp3) is 0.571. The third-order valence-electron chi connectivity index (χ3n) is 3.60. The van der Waals surface area contributed by atoms with Crippen molar-refractivity contribution in [1.29, 1.82) is 0 Å². The molecule has 1 aromatic rings. The summed E-state index contributed by atoms with van der Waals surface area (Å²) in [6.07, 6.45) is 7.08. The number of nitrogens with one attached hydrogen (secondary N) is 1. The van der Waals surface area contributed by atoms with Crippen LogP contribution in [0.3, 0.4) is 0 Å². The zero-order valence-electron chi connectivity index (χ0n) is 9.88. The number of hydrogen-bond acceptors (Lipinski definition) is 1. The number of halogens is 1. The monoisotopic (exact) mass is 329 g/mol. The smallest absolute Gasteiger partial charge is 0.0343 e. The zero-order chi connectivity index (χ0) is 11.4. The molecule has 2 heteroatoms. The number of rotatable bonds is 3. The first kappa shape index (κ1) is 12.2. The molecule has 1 atom stereocenters. The zero-order valence-corrected chi connectivity index (χ0v) is 12.0. The minimum atomic E-state index is 0.611. The first-order valence-electron chi connectivity index (χ1n) is 6.28. The summed E-state index contributed by atoms with van der Waals surface area (Å²) in [7, 11) is 0. The van der Waals surface area contributed by atoms with Crippen LogP contribution in [0.4, 0.5) is 5.69 Å². The summed E-state index contributed by atoms with van der Waals surface area (Å²) in [4.78, 5) is 0. The van der Waals surface area contributed by atoms with Gasteiger partial charge in [-0.25, -0.2) is 0 Å². The lowest BCUT2D eigenvalue weighted by molar-refractivity contribution is 0.328. The van der Waals surface area contributed by atoms with Gasteiger partial charge in [-0.1, -0.05) is 19.3 Å². The van der Waals surface area contributed by atoms with Crippen LogP contribution in [0.2, 0.25) is 0 Å². The quantitative estimate of drug-likeness (QED) is 0.795. The molecule has 88 valence electrons. The van der Waals surface area contributed by atoms with Crippen LogP contribution >= 0.6 is 22.6 Å². The molecule has 1 unspecified atom stereocenters. The van der Waals surface area contributed by atoms with Gasteiger partial charge in [-0.3, -0.25) is 0 Å². The van der Waals surface area contributed by atoms with Crippen molar-refractivity contribution in [2.75, 3.05) is 5.32 Å². The summed E-state index contributed by atoms with van der Waals surface area (Å²) >= 11 is 2.35. The van der Waals surface area contributed by atoms with Crippen molar-refractivity contribution in [1.82, 2.24) is 0 Å². The standard InChI is InChI=1S/C14H20IN/c1-11(12-5-3-2-4-6-12)16-14-9-7-13(15)8-10-14/h7-12,16H,2-6H2,1H3. The van der Waals surface area contributed by atoms with Crippen LogP contribution in [0.25, 0.3) is 0 Å². The van der Waals surface area contributed by atoms with E-state index in [0.717, 1.165) is 5.92 Å². The Morgan fingerprint density at radius 2 is 1.75 bits per heavy atom. The number of hydrogen-bond donors (Lipinski definition) is 1. The van der Waals surface area contributed by atoms with Crippen LogP contribution in [0.1, 0.15) is 39.0 Å². The fourth-order valence-corrected chi connectivity index (χ4v) is 2.92. The molecule has 1 nitrogen and oxygen atoms in total. The van der Waals surface area contributed by atoms with E-state index in [4.69, 9.17) is 0 Å². The first-order chi connectivity index (χ1) is 7.75. The predicted molar refractivity (Wildman–Crippen MR) is 78.8 cm³/mol. The van der Waals surface area contributed by atoms with E-state index >= 15 is 0 Å². The van der Waals surface area contributed by atoms with Crippen molar-refractivity contribution < 1.29 is 0 Å². The van der Waals surface area contributed by atoms with Gasteiger partial charge in [-0.2, -0.15) is 0 Å². The molecule has 0 heterocycles. The van der Waals surface area contributed by atoms with Crippen molar-refractivity contribution in [3.63, 3.8) is 0 Å². The van der Waals surface area contributed by atoms with Crippen molar-refractivity contribution in [2.45, 2.75) is 45.1 Å². The Balaban J connectivity index is 1.90. The topological polar surface area (TPSA) is 12.0 Å². The molecule has 1 N–H and O–H groups in total. The lowest BCUT2D eigenvalue weighted by atomic mass is 9.84. The van der Waals surface area contributed by atoms with Gasteiger partial charge in [-0.15, -0.1) is 0 Å². The molecule has 1 aliphatic rings. The first-order valence-corrected chi connectivity index (χ1v) is 7.35. The summed E-state index contributed by atoms with van der Waals surface area (Å²) in [5.74, 6) is 0.869. The molecule has 1 aromatic carbocycles. The van der Waals surface area contributed by atoms with E-state index in [9.17, 15) is 0 Å². The second kappa shape index (κ2) is 5.89. The lowest BCUT2D eigenvalue weighted by Gasteiger charge is -2.29. The molecule has 0 bridgehead atoms. The van der Waals surface area contributed by atoms with Gasteiger partial charge in [0, 0.05) is 15.3 Å². The van der Waals surface area contributed by atoms with Gasteiger partial charge in [-0.05, 0) is 72.5 Å². The van der Waals surface area contributed by atoms with Crippen molar-refractivity contribution >= 4 is 28.3 Å². The minimum Gasteiger partial charge on any atom is -0.382 e. The van der Waals surface area contributed by atoms with Gasteiger partial charge in [0.05, 0.1) is 0 Å². The molecule has 1 fully saturated rings. The Hall–Kier alpha value is -0.250. The largest absolute Gasteiger partial charge is 0.382 e. The van der Waals surface area contributed by atoms with Gasteiger partial charge in [0.2, 0.25) is 0 Å². The normalized spacial score (nSPS) is 19.4. The molecular formula is C14H20IN. The van der Waals surface area contributed by atoms with Crippen molar-refractivity contribution in [3.05, 3.63) is 27.8 Å². The number of anilines is 1.